The third kappa shape index (κ3) is 3.23. The van der Waals surface area contributed by atoms with E-state index in [0.717, 1.165) is 23.3 Å². The first-order chi connectivity index (χ1) is 11.5. The molecular weight excluding hydrogens is 368 g/mol. The summed E-state index contributed by atoms with van der Waals surface area (Å²) in [6.07, 6.45) is 10.1. The second-order valence-corrected chi connectivity index (χ2v) is 8.95. The number of phenolic OH excluding ortho intramolecular Hbond substituents is 1. The lowest BCUT2D eigenvalue weighted by molar-refractivity contribution is -0.129. The molecule has 0 atom stereocenters. The number of nitrogens with one attached hydrogen (secondary N) is 1. The first-order valence-corrected chi connectivity index (χ1v) is 9.61. The highest BCUT2D eigenvalue weighted by Crippen LogP contribution is 2.61. The molecule has 4 fully saturated rings. The van der Waals surface area contributed by atoms with Gasteiger partial charge in [0.15, 0.2) is 0 Å². The third-order valence-electron chi connectivity index (χ3n) is 6.08. The summed E-state index contributed by atoms with van der Waals surface area (Å²) in [6.45, 7) is 0. The van der Waals surface area contributed by atoms with Crippen LogP contribution in [0.1, 0.15) is 50.5 Å². The number of carbonyl (C=O) groups is 1. The molecule has 0 aliphatic heterocycles. The van der Waals surface area contributed by atoms with Crippen molar-refractivity contribution in [1.82, 2.24) is 5.43 Å². The van der Waals surface area contributed by atoms with Crippen molar-refractivity contribution >= 4 is 28.1 Å². The minimum Gasteiger partial charge on any atom is -0.507 e. The quantitative estimate of drug-likeness (QED) is 0.597. The van der Waals surface area contributed by atoms with Crippen LogP contribution < -0.4 is 5.43 Å². The third-order valence-corrected chi connectivity index (χ3v) is 6.71. The largest absolute Gasteiger partial charge is 0.507 e. The Kier molecular flexibility index (Phi) is 4.15. The van der Waals surface area contributed by atoms with Gasteiger partial charge in [-0.15, -0.1) is 0 Å². The van der Waals surface area contributed by atoms with Crippen LogP contribution in [0.4, 0.5) is 0 Å². The molecule has 0 heterocycles. The molecule has 4 saturated carbocycles. The molecule has 1 amide bonds. The Bertz CT molecular complexity index is 651. The van der Waals surface area contributed by atoms with E-state index in [9.17, 15) is 9.90 Å². The van der Waals surface area contributed by atoms with Crippen molar-refractivity contribution in [2.24, 2.45) is 28.3 Å². The molecule has 5 heteroatoms. The van der Waals surface area contributed by atoms with Crippen molar-refractivity contribution in [1.29, 1.82) is 0 Å². The van der Waals surface area contributed by atoms with Gasteiger partial charge in [0, 0.05) is 6.42 Å². The minimum absolute atomic E-state index is 0.0334. The molecule has 4 aliphatic rings. The zero-order valence-corrected chi connectivity index (χ0v) is 15.3. The van der Waals surface area contributed by atoms with Crippen molar-refractivity contribution < 1.29 is 9.90 Å². The number of phenols is 1. The van der Waals surface area contributed by atoms with Crippen molar-refractivity contribution in [3.05, 3.63) is 28.2 Å². The molecule has 4 bridgehead atoms. The highest BCUT2D eigenvalue weighted by molar-refractivity contribution is 9.10. The van der Waals surface area contributed by atoms with Crippen LogP contribution >= 0.6 is 15.9 Å². The van der Waals surface area contributed by atoms with Crippen LogP contribution in [-0.4, -0.2) is 17.2 Å². The Hall–Kier alpha value is -1.36. The van der Waals surface area contributed by atoms with Gasteiger partial charge in [-0.3, -0.25) is 4.79 Å². The summed E-state index contributed by atoms with van der Waals surface area (Å²) < 4.78 is 0.617. The Morgan fingerprint density at radius 1 is 1.25 bits per heavy atom. The number of hydrazone groups is 1. The van der Waals surface area contributed by atoms with E-state index in [1.165, 1.54) is 38.5 Å². The molecule has 0 spiro atoms. The lowest BCUT2D eigenvalue weighted by atomic mass is 9.49. The summed E-state index contributed by atoms with van der Waals surface area (Å²) in [5.74, 6) is 2.81. The first kappa shape index (κ1) is 16.1. The Labute approximate surface area is 150 Å². The van der Waals surface area contributed by atoms with Gasteiger partial charge in [0.25, 0.3) is 0 Å². The van der Waals surface area contributed by atoms with Gasteiger partial charge in [0.05, 0.1) is 10.7 Å². The van der Waals surface area contributed by atoms with Crippen LogP contribution in [0.2, 0.25) is 0 Å². The molecule has 1 aromatic carbocycles. The first-order valence-electron chi connectivity index (χ1n) is 8.82. The van der Waals surface area contributed by atoms with E-state index in [-0.39, 0.29) is 17.1 Å². The zero-order chi connectivity index (χ0) is 16.7. The zero-order valence-electron chi connectivity index (χ0n) is 13.7. The summed E-state index contributed by atoms with van der Waals surface area (Å²) in [5, 5.41) is 13.6. The summed E-state index contributed by atoms with van der Waals surface area (Å²) in [6, 6.07) is 5.13. The molecule has 4 aliphatic carbocycles. The summed E-state index contributed by atoms with van der Waals surface area (Å²) in [5.41, 5.74) is 3.77. The molecule has 5 rings (SSSR count). The monoisotopic (exact) mass is 390 g/mol. The molecule has 128 valence electrons. The fourth-order valence-electron chi connectivity index (χ4n) is 5.67. The molecule has 4 nitrogen and oxygen atoms in total. The number of aromatic hydroxyl groups is 1. The normalized spacial score (nSPS) is 34.0. The molecular formula is C19H23BrN2O2. The molecule has 0 unspecified atom stereocenters. The van der Waals surface area contributed by atoms with Gasteiger partial charge in [-0.05, 0) is 101 Å². The number of carbonyl (C=O) groups excluding carboxylic acids is 1. The fraction of sp³-hybridized carbons (Fsp3) is 0.579. The topological polar surface area (TPSA) is 61.7 Å². The van der Waals surface area contributed by atoms with Crippen LogP contribution in [0.15, 0.2) is 27.8 Å². The fourth-order valence-corrected chi connectivity index (χ4v) is 6.07. The number of hydrogen-bond donors (Lipinski definition) is 2. The van der Waals surface area contributed by atoms with E-state index in [0.29, 0.717) is 10.9 Å². The highest BCUT2D eigenvalue weighted by atomic mass is 79.9. The molecule has 2 N–H and O–H groups in total. The smallest absolute Gasteiger partial charge is 0.240 e. The van der Waals surface area contributed by atoms with Crippen LogP contribution in [-0.2, 0) is 4.79 Å². The van der Waals surface area contributed by atoms with E-state index in [4.69, 9.17) is 0 Å². The number of rotatable bonds is 4. The van der Waals surface area contributed by atoms with Crippen LogP contribution in [0.3, 0.4) is 0 Å². The maximum atomic E-state index is 12.4. The molecule has 0 aromatic heterocycles. The van der Waals surface area contributed by atoms with Crippen LogP contribution in [0, 0.1) is 23.2 Å². The van der Waals surface area contributed by atoms with Crippen LogP contribution in [0.25, 0.3) is 0 Å². The number of nitrogens with zero attached hydrogens (tertiary/aromatic N) is 1. The summed E-state index contributed by atoms with van der Waals surface area (Å²) >= 11 is 3.27. The van der Waals surface area contributed by atoms with E-state index in [1.807, 2.05) is 0 Å². The molecule has 0 saturated heterocycles. The second kappa shape index (κ2) is 6.17. The van der Waals surface area contributed by atoms with Gasteiger partial charge in [-0.2, -0.15) is 5.10 Å². The number of benzene rings is 1. The van der Waals surface area contributed by atoms with Crippen molar-refractivity contribution in [3.63, 3.8) is 0 Å². The van der Waals surface area contributed by atoms with Gasteiger partial charge in [-0.25, -0.2) is 5.43 Å². The standard InChI is InChI=1S/C19H23BrN2O2/c20-16-6-12(1-2-17(16)23)11-21-22-18(24)10-19-7-13-3-14(8-19)5-15(4-13)9-19/h1-2,6,11,13-15,23H,3-5,7-10H2,(H,22,24). The van der Waals surface area contributed by atoms with Gasteiger partial charge in [-0.1, -0.05) is 0 Å². The Morgan fingerprint density at radius 3 is 2.46 bits per heavy atom. The van der Waals surface area contributed by atoms with E-state index >= 15 is 0 Å². The molecule has 1 aromatic rings. The van der Waals surface area contributed by atoms with Gasteiger partial charge >= 0.3 is 0 Å². The highest BCUT2D eigenvalue weighted by Gasteiger charge is 2.51. The second-order valence-electron chi connectivity index (χ2n) is 8.10. The lowest BCUT2D eigenvalue weighted by Crippen LogP contribution is -2.47. The predicted octanol–water partition coefficient (Wildman–Crippen LogP) is 4.21. The molecule has 0 radical (unpaired) electrons. The number of amides is 1. The average Bonchev–Trinajstić information content (AvgIpc) is 2.49. The summed E-state index contributed by atoms with van der Waals surface area (Å²) in [4.78, 5) is 12.4. The van der Waals surface area contributed by atoms with Gasteiger partial charge in [0.1, 0.15) is 5.75 Å². The average molecular weight is 391 g/mol. The molecule has 24 heavy (non-hydrogen) atoms. The Balaban J connectivity index is 1.35. The predicted molar refractivity (Wildman–Crippen MR) is 96.8 cm³/mol. The van der Waals surface area contributed by atoms with Crippen LogP contribution in [0.5, 0.6) is 5.75 Å². The van der Waals surface area contributed by atoms with Gasteiger partial charge in [0.2, 0.25) is 5.91 Å². The lowest BCUT2D eigenvalue weighted by Gasteiger charge is -2.56. The summed E-state index contributed by atoms with van der Waals surface area (Å²) in [7, 11) is 0. The van der Waals surface area contributed by atoms with Gasteiger partial charge < -0.3 is 5.11 Å². The number of hydrogen-bond acceptors (Lipinski definition) is 3. The van der Waals surface area contributed by atoms with Crippen molar-refractivity contribution in [2.45, 2.75) is 44.9 Å². The van der Waals surface area contributed by atoms with E-state index < -0.39 is 0 Å². The van der Waals surface area contributed by atoms with Crippen molar-refractivity contribution in [3.8, 4) is 5.75 Å². The van der Waals surface area contributed by atoms with E-state index in [1.54, 1.807) is 24.4 Å². The van der Waals surface area contributed by atoms with Crippen molar-refractivity contribution in [2.75, 3.05) is 0 Å². The maximum absolute atomic E-state index is 12.4. The minimum atomic E-state index is 0.0334. The Morgan fingerprint density at radius 2 is 1.88 bits per heavy atom. The SMILES string of the molecule is O=C(CC12CC3CC(CC(C3)C1)C2)NN=Cc1ccc(O)c(Br)c1. The van der Waals surface area contributed by atoms with E-state index in [2.05, 4.69) is 26.5 Å². The number of halogens is 1. The maximum Gasteiger partial charge on any atom is 0.240 e.